The molecule has 0 unspecified atom stereocenters. The lowest BCUT2D eigenvalue weighted by molar-refractivity contribution is 0.102. The van der Waals surface area contributed by atoms with Crippen LogP contribution in [0.1, 0.15) is 33.0 Å². The highest BCUT2D eigenvalue weighted by Gasteiger charge is 2.32. The van der Waals surface area contributed by atoms with Crippen LogP contribution in [-0.2, 0) is 6.54 Å². The van der Waals surface area contributed by atoms with Gasteiger partial charge in [0.15, 0.2) is 0 Å². The second-order valence-corrected chi connectivity index (χ2v) is 5.09. The van der Waals surface area contributed by atoms with Crippen LogP contribution in [0.25, 0.3) is 0 Å². The third kappa shape index (κ3) is 2.02. The number of benzene rings is 1. The van der Waals surface area contributed by atoms with Gasteiger partial charge in [0, 0.05) is 23.5 Å². The molecule has 2 aromatic heterocycles. The van der Waals surface area contributed by atoms with E-state index < -0.39 is 0 Å². The van der Waals surface area contributed by atoms with Crippen molar-refractivity contribution in [3.63, 3.8) is 0 Å². The first-order chi connectivity index (χ1) is 11.3. The summed E-state index contributed by atoms with van der Waals surface area (Å²) in [5.74, 6) is -0.149. The maximum absolute atomic E-state index is 12.8. The Morgan fingerprint density at radius 3 is 2.70 bits per heavy atom. The van der Waals surface area contributed by atoms with Gasteiger partial charge in [0.25, 0.3) is 0 Å². The Hall–Kier alpha value is -3.35. The Balaban J connectivity index is 1.86. The predicted octanol–water partition coefficient (Wildman–Crippen LogP) is 1.49. The molecule has 0 aliphatic heterocycles. The number of hydrogen-bond donors (Lipinski definition) is 1. The normalized spacial score (nSPS) is 14.6. The number of imidazole rings is 1. The van der Waals surface area contributed by atoms with Crippen molar-refractivity contribution in [2.45, 2.75) is 6.54 Å². The zero-order chi connectivity index (χ0) is 15.8. The van der Waals surface area contributed by atoms with E-state index in [4.69, 9.17) is 0 Å². The number of carbonyl (C=O) groups excluding carboxylic acids is 1. The molecule has 0 radical (unpaired) electrons. The molecule has 0 saturated heterocycles. The molecular weight excluding hydrogens is 294 g/mol. The Morgan fingerprint density at radius 1 is 1.13 bits per heavy atom. The Morgan fingerprint density at radius 2 is 1.96 bits per heavy atom. The fourth-order valence-electron chi connectivity index (χ4n) is 2.74. The van der Waals surface area contributed by atoms with Crippen LogP contribution in [0.3, 0.4) is 0 Å². The second-order valence-electron chi connectivity index (χ2n) is 5.09. The molecule has 23 heavy (non-hydrogen) atoms. The van der Waals surface area contributed by atoms with Crippen molar-refractivity contribution in [1.82, 2.24) is 19.5 Å². The monoisotopic (exact) mass is 305 g/mol. The third-order valence-electron chi connectivity index (χ3n) is 3.75. The fourth-order valence-corrected chi connectivity index (χ4v) is 2.74. The van der Waals surface area contributed by atoms with E-state index in [9.17, 15) is 10.0 Å². The van der Waals surface area contributed by atoms with Gasteiger partial charge in [-0.2, -0.15) is 0 Å². The third-order valence-corrected chi connectivity index (χ3v) is 3.75. The number of rotatable bonds is 2. The molecule has 1 N–H and O–H groups in total. The minimum Gasteiger partial charge on any atom is -0.410 e. The summed E-state index contributed by atoms with van der Waals surface area (Å²) in [6, 6.07) is 7.03. The summed E-state index contributed by atoms with van der Waals surface area (Å²) in [6.45, 7) is 0.364. The minimum absolute atomic E-state index is 0.149. The summed E-state index contributed by atoms with van der Waals surface area (Å²) in [5, 5.41) is 12.7. The first-order valence-electron chi connectivity index (χ1n) is 6.96. The molecule has 4 rings (SSSR count). The Bertz CT molecular complexity index is 931. The second kappa shape index (κ2) is 5.13. The quantitative estimate of drug-likeness (QED) is 0.447. The summed E-state index contributed by atoms with van der Waals surface area (Å²) < 4.78 is 1.70. The van der Waals surface area contributed by atoms with E-state index in [0.717, 1.165) is 0 Å². The van der Waals surface area contributed by atoms with Gasteiger partial charge >= 0.3 is 0 Å². The van der Waals surface area contributed by atoms with Crippen LogP contribution >= 0.6 is 0 Å². The van der Waals surface area contributed by atoms with Gasteiger partial charge in [0.1, 0.15) is 17.1 Å². The van der Waals surface area contributed by atoms with E-state index in [1.165, 1.54) is 0 Å². The highest BCUT2D eigenvalue weighted by molar-refractivity contribution is 6.28. The van der Waals surface area contributed by atoms with Crippen molar-refractivity contribution in [1.29, 1.82) is 0 Å². The predicted molar refractivity (Wildman–Crippen MR) is 80.7 cm³/mol. The zero-order valence-corrected chi connectivity index (χ0v) is 11.9. The molecule has 1 aliphatic carbocycles. The zero-order valence-electron chi connectivity index (χ0n) is 11.9. The van der Waals surface area contributed by atoms with E-state index in [0.29, 0.717) is 40.5 Å². The van der Waals surface area contributed by atoms with Crippen LogP contribution in [0.5, 0.6) is 0 Å². The largest absolute Gasteiger partial charge is 0.410 e. The van der Waals surface area contributed by atoms with E-state index in [-0.39, 0.29) is 5.78 Å². The van der Waals surface area contributed by atoms with Gasteiger partial charge in [0.05, 0.1) is 24.8 Å². The highest BCUT2D eigenvalue weighted by Crippen LogP contribution is 2.27. The number of aromatic nitrogens is 4. The van der Waals surface area contributed by atoms with Gasteiger partial charge in [-0.25, -0.2) is 4.98 Å². The summed E-state index contributed by atoms with van der Waals surface area (Å²) in [7, 11) is 0. The van der Waals surface area contributed by atoms with Crippen LogP contribution in [0, 0.1) is 0 Å². The molecule has 1 aliphatic rings. The molecule has 7 heteroatoms. The molecular formula is C16H11N5O2. The first kappa shape index (κ1) is 13.3. The van der Waals surface area contributed by atoms with Gasteiger partial charge < -0.3 is 9.77 Å². The molecule has 0 bridgehead atoms. The smallest absolute Gasteiger partial charge is 0.212 e. The van der Waals surface area contributed by atoms with Crippen LogP contribution in [0.4, 0.5) is 0 Å². The van der Waals surface area contributed by atoms with Crippen molar-refractivity contribution in [2.75, 3.05) is 0 Å². The van der Waals surface area contributed by atoms with Crippen LogP contribution in [-0.4, -0.2) is 36.2 Å². The molecule has 2 heterocycles. The fraction of sp³-hybridized carbons (Fsp3) is 0.0625. The average Bonchev–Trinajstić information content (AvgIpc) is 3.00. The van der Waals surface area contributed by atoms with Gasteiger partial charge in [-0.3, -0.25) is 14.8 Å². The number of hydrogen-bond acceptors (Lipinski definition) is 6. The van der Waals surface area contributed by atoms with Gasteiger partial charge in [-0.05, 0) is 0 Å². The number of nitrogens with zero attached hydrogens (tertiary/aromatic N) is 5. The molecule has 7 nitrogen and oxygen atoms in total. The molecule has 3 aromatic rings. The van der Waals surface area contributed by atoms with E-state index >= 15 is 0 Å². The SMILES string of the molecule is O=C1c2ccccc2/C(=N\O)c2ncn(Cc3cnccn3)c21. The van der Waals surface area contributed by atoms with Gasteiger partial charge in [-0.15, -0.1) is 0 Å². The molecule has 112 valence electrons. The molecule has 0 saturated carbocycles. The standard InChI is InChI=1S/C16H11N5O2/c22-16-12-4-2-1-3-11(12)13(20-23)14-15(16)21(9-19-14)8-10-7-17-5-6-18-10/h1-7,9,23H,8H2/b20-13+. The molecule has 0 atom stereocenters. The lowest BCUT2D eigenvalue weighted by atomic mass is 9.89. The lowest BCUT2D eigenvalue weighted by Crippen LogP contribution is -2.24. The summed E-state index contributed by atoms with van der Waals surface area (Å²) in [5.41, 5.74) is 2.85. The van der Waals surface area contributed by atoms with Crippen molar-refractivity contribution in [3.8, 4) is 0 Å². The number of carbonyl (C=O) groups is 1. The van der Waals surface area contributed by atoms with Crippen LogP contribution in [0.15, 0.2) is 54.3 Å². The van der Waals surface area contributed by atoms with E-state index in [2.05, 4.69) is 20.1 Å². The number of oxime groups is 1. The maximum atomic E-state index is 12.8. The van der Waals surface area contributed by atoms with E-state index in [1.807, 2.05) is 0 Å². The topological polar surface area (TPSA) is 93.3 Å². The summed E-state index contributed by atoms with van der Waals surface area (Å²) in [6.07, 6.45) is 6.37. The van der Waals surface area contributed by atoms with Crippen molar-refractivity contribution in [3.05, 3.63) is 77.4 Å². The van der Waals surface area contributed by atoms with Crippen molar-refractivity contribution < 1.29 is 10.0 Å². The molecule has 0 amide bonds. The van der Waals surface area contributed by atoms with Crippen LogP contribution in [0.2, 0.25) is 0 Å². The molecule has 1 aromatic carbocycles. The molecule has 0 spiro atoms. The number of ketones is 1. The van der Waals surface area contributed by atoms with E-state index in [1.54, 1.807) is 53.8 Å². The summed E-state index contributed by atoms with van der Waals surface area (Å²) >= 11 is 0. The maximum Gasteiger partial charge on any atom is 0.212 e. The van der Waals surface area contributed by atoms with Crippen molar-refractivity contribution >= 4 is 11.5 Å². The van der Waals surface area contributed by atoms with Gasteiger partial charge in [0.2, 0.25) is 5.78 Å². The lowest BCUT2D eigenvalue weighted by Gasteiger charge is -2.17. The number of fused-ring (bicyclic) bond motifs is 2. The molecule has 0 fully saturated rings. The average molecular weight is 305 g/mol. The van der Waals surface area contributed by atoms with Gasteiger partial charge in [-0.1, -0.05) is 29.4 Å². The Labute approximate surface area is 131 Å². The first-order valence-corrected chi connectivity index (χ1v) is 6.96. The highest BCUT2D eigenvalue weighted by atomic mass is 16.4. The summed E-state index contributed by atoms with van der Waals surface area (Å²) in [4.78, 5) is 25.3. The van der Waals surface area contributed by atoms with Crippen molar-refractivity contribution in [2.24, 2.45) is 5.16 Å². The van der Waals surface area contributed by atoms with Crippen LogP contribution < -0.4 is 0 Å². The Kier molecular flexibility index (Phi) is 2.97. The minimum atomic E-state index is -0.149.